The molecule has 0 bridgehead atoms. The number of nitrogens with one attached hydrogen (secondary N) is 1. The minimum atomic E-state index is -4.81. The molecule has 0 spiro atoms. The summed E-state index contributed by atoms with van der Waals surface area (Å²) in [7, 11) is -4.24. The molecule has 8 nitrogen and oxygen atoms in total. The first kappa shape index (κ1) is 30.1. The van der Waals surface area contributed by atoms with E-state index in [1.165, 1.54) is 41.9 Å². The van der Waals surface area contributed by atoms with Gasteiger partial charge in [0.05, 0.1) is 4.90 Å². The number of ether oxygens (including phenoxy) is 2. The molecule has 2 N–H and O–H groups in total. The zero-order valence-corrected chi connectivity index (χ0v) is 22.3. The summed E-state index contributed by atoms with van der Waals surface area (Å²) in [5, 5.41) is 9.40. The molecule has 39 heavy (non-hydrogen) atoms. The monoisotopic (exact) mass is 586 g/mol. The Bertz CT molecular complexity index is 1380. The highest BCUT2D eigenvalue weighted by atomic mass is 35.5. The molecule has 0 radical (unpaired) electrons. The molecule has 13 heteroatoms. The van der Waals surface area contributed by atoms with Crippen molar-refractivity contribution in [1.29, 1.82) is 0 Å². The SMILES string of the molecule is Cc1ccc(N2CCC(C(=O)NO)(S(=O)(=O)c3ccc(Oc4ccc(OC(F)(F)F)cc4)cc3)CC2)cc1.Cl. The van der Waals surface area contributed by atoms with Gasteiger partial charge in [0.2, 0.25) is 0 Å². The molecule has 1 aliphatic heterocycles. The molecular formula is C26H26ClF3N2O6S. The van der Waals surface area contributed by atoms with Crippen molar-refractivity contribution in [2.75, 3.05) is 18.0 Å². The van der Waals surface area contributed by atoms with Crippen molar-refractivity contribution in [1.82, 2.24) is 5.48 Å². The first-order valence-corrected chi connectivity index (χ1v) is 13.1. The highest BCUT2D eigenvalue weighted by Gasteiger charge is 2.53. The van der Waals surface area contributed by atoms with Crippen molar-refractivity contribution in [2.45, 2.75) is 35.8 Å². The molecule has 0 aromatic heterocycles. The lowest BCUT2D eigenvalue weighted by molar-refractivity contribution is -0.274. The van der Waals surface area contributed by atoms with Crippen LogP contribution in [-0.4, -0.2) is 43.7 Å². The van der Waals surface area contributed by atoms with E-state index >= 15 is 0 Å². The van der Waals surface area contributed by atoms with Gasteiger partial charge in [0.1, 0.15) is 17.2 Å². The Hall–Kier alpha value is -3.48. The number of carbonyl (C=O) groups excluding carboxylic acids is 1. The van der Waals surface area contributed by atoms with E-state index in [4.69, 9.17) is 4.74 Å². The molecule has 0 atom stereocenters. The number of rotatable bonds is 7. The number of hydroxylamine groups is 1. The second-order valence-electron chi connectivity index (χ2n) is 8.85. The van der Waals surface area contributed by atoms with Crippen LogP contribution >= 0.6 is 12.4 Å². The number of hydrogen-bond acceptors (Lipinski definition) is 7. The minimum absolute atomic E-state index is 0. The van der Waals surface area contributed by atoms with E-state index < -0.39 is 32.6 Å². The Balaban J connectivity index is 0.00000420. The number of sulfone groups is 1. The van der Waals surface area contributed by atoms with Gasteiger partial charge in [-0.3, -0.25) is 10.0 Å². The predicted molar refractivity (Wildman–Crippen MR) is 139 cm³/mol. The second-order valence-corrected chi connectivity index (χ2v) is 11.1. The lowest BCUT2D eigenvalue weighted by Crippen LogP contribution is -2.57. The van der Waals surface area contributed by atoms with Crippen LogP contribution in [0.4, 0.5) is 18.9 Å². The van der Waals surface area contributed by atoms with Crippen LogP contribution < -0.4 is 19.9 Å². The number of piperidine rings is 1. The standard InChI is InChI=1S/C26H25F3N2O6S.ClH/c1-18-2-4-19(5-3-18)31-16-14-25(15-17-31,24(32)30-33)38(34,35)23-12-10-21(11-13-23)36-20-6-8-22(9-7-20)37-26(27,28)29;/h2-13,33H,14-17H2,1H3,(H,30,32);1H. The molecular weight excluding hydrogens is 561 g/mol. The highest BCUT2D eigenvalue weighted by Crippen LogP contribution is 2.38. The maximum atomic E-state index is 13.7. The van der Waals surface area contributed by atoms with Gasteiger partial charge >= 0.3 is 6.36 Å². The van der Waals surface area contributed by atoms with E-state index in [1.807, 2.05) is 36.1 Å². The van der Waals surface area contributed by atoms with Crippen LogP contribution in [0, 0.1) is 6.92 Å². The Morgan fingerprint density at radius 3 is 1.87 bits per heavy atom. The smallest absolute Gasteiger partial charge is 0.457 e. The summed E-state index contributed by atoms with van der Waals surface area (Å²) in [6, 6.07) is 17.8. The van der Waals surface area contributed by atoms with Crippen LogP contribution in [0.25, 0.3) is 0 Å². The first-order valence-electron chi connectivity index (χ1n) is 11.6. The van der Waals surface area contributed by atoms with Crippen LogP contribution in [0.15, 0.2) is 77.7 Å². The van der Waals surface area contributed by atoms with Crippen molar-refractivity contribution in [3.05, 3.63) is 78.4 Å². The van der Waals surface area contributed by atoms with Gasteiger partial charge in [0.25, 0.3) is 5.91 Å². The lowest BCUT2D eigenvalue weighted by Gasteiger charge is -2.40. The zero-order valence-electron chi connectivity index (χ0n) is 20.6. The molecule has 4 rings (SSSR count). The van der Waals surface area contributed by atoms with Gasteiger partial charge in [0.15, 0.2) is 14.6 Å². The number of amides is 1. The molecule has 1 fully saturated rings. The van der Waals surface area contributed by atoms with Gasteiger partial charge in [0, 0.05) is 18.8 Å². The average molecular weight is 587 g/mol. The maximum absolute atomic E-state index is 13.7. The minimum Gasteiger partial charge on any atom is -0.457 e. The molecule has 0 aliphatic carbocycles. The predicted octanol–water partition coefficient (Wildman–Crippen LogP) is 5.43. The maximum Gasteiger partial charge on any atom is 0.573 e. The lowest BCUT2D eigenvalue weighted by atomic mass is 9.94. The number of nitrogens with zero attached hydrogens (tertiary/aromatic N) is 1. The number of halogens is 4. The summed E-state index contributed by atoms with van der Waals surface area (Å²) >= 11 is 0. The number of carbonyl (C=O) groups is 1. The number of anilines is 1. The Labute approximate surface area is 229 Å². The van der Waals surface area contributed by atoms with Gasteiger partial charge in [-0.25, -0.2) is 13.9 Å². The molecule has 3 aromatic carbocycles. The van der Waals surface area contributed by atoms with E-state index in [-0.39, 0.29) is 54.7 Å². The van der Waals surface area contributed by atoms with Crippen molar-refractivity contribution < 1.29 is 41.1 Å². The Kier molecular flexibility index (Phi) is 9.04. The fraction of sp³-hybridized carbons (Fsp3) is 0.269. The molecule has 1 heterocycles. The summed E-state index contributed by atoms with van der Waals surface area (Å²) in [4.78, 5) is 14.6. The normalized spacial score (nSPS) is 15.2. The van der Waals surface area contributed by atoms with Crippen molar-refractivity contribution in [3.8, 4) is 17.2 Å². The summed E-state index contributed by atoms with van der Waals surface area (Å²) in [5.41, 5.74) is 3.53. The average Bonchev–Trinajstić information content (AvgIpc) is 2.89. The molecule has 0 saturated carbocycles. The molecule has 1 aliphatic rings. The summed E-state index contributed by atoms with van der Waals surface area (Å²) in [5.74, 6) is -0.979. The van der Waals surface area contributed by atoms with Crippen LogP contribution in [0.5, 0.6) is 17.2 Å². The summed E-state index contributed by atoms with van der Waals surface area (Å²) < 4.78 is 71.9. The Morgan fingerprint density at radius 1 is 0.897 bits per heavy atom. The molecule has 1 amide bonds. The van der Waals surface area contributed by atoms with E-state index in [0.29, 0.717) is 0 Å². The fourth-order valence-corrected chi connectivity index (χ4v) is 6.31. The van der Waals surface area contributed by atoms with Crippen molar-refractivity contribution in [3.63, 3.8) is 0 Å². The zero-order chi connectivity index (χ0) is 27.6. The molecule has 210 valence electrons. The second kappa shape index (κ2) is 11.7. The number of hydrogen-bond donors (Lipinski definition) is 2. The number of benzene rings is 3. The summed E-state index contributed by atoms with van der Waals surface area (Å²) in [6.45, 7) is 2.53. The van der Waals surface area contributed by atoms with E-state index in [2.05, 4.69) is 4.74 Å². The molecule has 3 aromatic rings. The quantitative estimate of drug-likeness (QED) is 0.281. The Morgan fingerprint density at radius 2 is 1.38 bits per heavy atom. The number of alkyl halides is 3. The van der Waals surface area contributed by atoms with Crippen LogP contribution in [0.3, 0.4) is 0 Å². The molecule has 0 unspecified atom stereocenters. The summed E-state index contributed by atoms with van der Waals surface area (Å²) in [6.07, 6.45) is -4.90. The number of aryl methyl sites for hydroxylation is 1. The van der Waals surface area contributed by atoms with E-state index in [1.54, 1.807) is 0 Å². The van der Waals surface area contributed by atoms with Crippen molar-refractivity contribution >= 4 is 33.8 Å². The van der Waals surface area contributed by atoms with Gasteiger partial charge in [-0.1, -0.05) is 17.7 Å². The van der Waals surface area contributed by atoms with Crippen LogP contribution in [0.2, 0.25) is 0 Å². The first-order chi connectivity index (χ1) is 17.9. The van der Waals surface area contributed by atoms with Crippen LogP contribution in [0.1, 0.15) is 18.4 Å². The van der Waals surface area contributed by atoms with Gasteiger partial charge in [-0.2, -0.15) is 0 Å². The fourth-order valence-electron chi connectivity index (χ4n) is 4.36. The van der Waals surface area contributed by atoms with Gasteiger partial charge in [-0.05, 0) is 80.4 Å². The highest BCUT2D eigenvalue weighted by molar-refractivity contribution is 7.93. The topological polar surface area (TPSA) is 105 Å². The third kappa shape index (κ3) is 6.57. The van der Waals surface area contributed by atoms with Crippen molar-refractivity contribution in [2.24, 2.45) is 0 Å². The molecule has 1 saturated heterocycles. The van der Waals surface area contributed by atoms with Crippen LogP contribution in [-0.2, 0) is 14.6 Å². The van der Waals surface area contributed by atoms with E-state index in [0.717, 1.165) is 23.4 Å². The van der Waals surface area contributed by atoms with Gasteiger partial charge < -0.3 is 14.4 Å². The largest absolute Gasteiger partial charge is 0.573 e. The third-order valence-electron chi connectivity index (χ3n) is 6.43. The third-order valence-corrected chi connectivity index (χ3v) is 8.94. The van der Waals surface area contributed by atoms with Gasteiger partial charge in [-0.15, -0.1) is 25.6 Å². The van der Waals surface area contributed by atoms with E-state index in [9.17, 15) is 31.6 Å².